The van der Waals surface area contributed by atoms with Crippen LogP contribution in [0.25, 0.3) is 0 Å². The topological polar surface area (TPSA) is 58.2 Å². The largest absolute Gasteiger partial charge is 0.379 e. The lowest BCUT2D eigenvalue weighted by Crippen LogP contribution is -2.13. The van der Waals surface area contributed by atoms with E-state index in [1.54, 1.807) is 12.1 Å². The first kappa shape index (κ1) is 18.9. The lowest BCUT2D eigenvalue weighted by atomic mass is 10.1. The molecule has 4 nitrogen and oxygen atoms in total. The van der Waals surface area contributed by atoms with Crippen molar-refractivity contribution in [3.8, 4) is 0 Å². The second-order valence-corrected chi connectivity index (χ2v) is 8.05. The highest BCUT2D eigenvalue weighted by Crippen LogP contribution is 2.23. The van der Waals surface area contributed by atoms with Crippen LogP contribution in [0.5, 0.6) is 0 Å². The van der Waals surface area contributed by atoms with Crippen molar-refractivity contribution in [2.45, 2.75) is 24.8 Å². The second kappa shape index (κ2) is 7.80. The van der Waals surface area contributed by atoms with Crippen molar-refractivity contribution in [2.75, 3.05) is 10.0 Å². The maximum Gasteiger partial charge on any atom is 0.261 e. The third-order valence-electron chi connectivity index (χ3n) is 4.26. The van der Waals surface area contributed by atoms with Crippen LogP contribution in [0, 0.1) is 12.7 Å². The molecule has 0 aliphatic carbocycles. The third kappa shape index (κ3) is 4.65. The van der Waals surface area contributed by atoms with Gasteiger partial charge in [0.25, 0.3) is 10.0 Å². The van der Waals surface area contributed by atoms with Crippen LogP contribution >= 0.6 is 0 Å². The van der Waals surface area contributed by atoms with Crippen LogP contribution in [0.3, 0.4) is 0 Å². The Balaban J connectivity index is 1.70. The summed E-state index contributed by atoms with van der Waals surface area (Å²) >= 11 is 0. The number of anilines is 2. The summed E-state index contributed by atoms with van der Waals surface area (Å²) in [6.45, 7) is 3.59. The van der Waals surface area contributed by atoms with Crippen molar-refractivity contribution >= 4 is 21.4 Å². The van der Waals surface area contributed by atoms with Gasteiger partial charge in [0, 0.05) is 17.4 Å². The Morgan fingerprint density at radius 1 is 0.889 bits per heavy atom. The van der Waals surface area contributed by atoms with E-state index in [0.29, 0.717) is 5.69 Å². The molecule has 1 atom stereocenters. The summed E-state index contributed by atoms with van der Waals surface area (Å²) in [7, 11) is -3.77. The van der Waals surface area contributed by atoms with E-state index in [1.165, 1.54) is 19.1 Å². The van der Waals surface area contributed by atoms with E-state index in [-0.39, 0.29) is 16.5 Å². The molecule has 3 rings (SSSR count). The number of halogens is 1. The number of sulfonamides is 1. The number of nitrogens with one attached hydrogen (secondary N) is 2. The van der Waals surface area contributed by atoms with Gasteiger partial charge in [-0.05, 0) is 67.4 Å². The Kier molecular flexibility index (Phi) is 5.46. The van der Waals surface area contributed by atoms with Crippen LogP contribution in [0.15, 0.2) is 77.7 Å². The minimum absolute atomic E-state index is 0.0290. The van der Waals surface area contributed by atoms with Crippen molar-refractivity contribution in [1.82, 2.24) is 0 Å². The van der Waals surface area contributed by atoms with E-state index >= 15 is 0 Å². The van der Waals surface area contributed by atoms with Gasteiger partial charge in [-0.15, -0.1) is 0 Å². The fourth-order valence-corrected chi connectivity index (χ4v) is 3.85. The van der Waals surface area contributed by atoms with Gasteiger partial charge in [0.1, 0.15) is 5.82 Å². The second-order valence-electron chi connectivity index (χ2n) is 6.37. The molecule has 0 amide bonds. The smallest absolute Gasteiger partial charge is 0.261 e. The van der Waals surface area contributed by atoms with E-state index < -0.39 is 15.8 Å². The summed E-state index contributed by atoms with van der Waals surface area (Å²) < 4.78 is 40.8. The summed E-state index contributed by atoms with van der Waals surface area (Å²) in [6, 6.07) is 20.9. The van der Waals surface area contributed by atoms with Gasteiger partial charge in [0.05, 0.1) is 4.90 Å². The number of benzene rings is 3. The van der Waals surface area contributed by atoms with Gasteiger partial charge >= 0.3 is 0 Å². The van der Waals surface area contributed by atoms with Crippen molar-refractivity contribution in [3.63, 3.8) is 0 Å². The SMILES string of the molecule is Cc1cc(S(=O)(=O)Nc2ccc(NC(C)c3ccccc3)cc2)ccc1F. The zero-order valence-electron chi connectivity index (χ0n) is 15.1. The highest BCUT2D eigenvalue weighted by molar-refractivity contribution is 7.92. The van der Waals surface area contributed by atoms with E-state index in [9.17, 15) is 12.8 Å². The molecule has 0 aliphatic heterocycles. The van der Waals surface area contributed by atoms with Crippen LogP contribution in [0.4, 0.5) is 15.8 Å². The Morgan fingerprint density at radius 3 is 2.15 bits per heavy atom. The number of rotatable bonds is 6. The molecular formula is C21H21FN2O2S. The van der Waals surface area contributed by atoms with Gasteiger partial charge in [0.15, 0.2) is 0 Å². The number of hydrogen-bond acceptors (Lipinski definition) is 3. The molecule has 6 heteroatoms. The van der Waals surface area contributed by atoms with Gasteiger partial charge in [-0.3, -0.25) is 4.72 Å². The minimum Gasteiger partial charge on any atom is -0.379 e. The molecule has 27 heavy (non-hydrogen) atoms. The minimum atomic E-state index is -3.77. The van der Waals surface area contributed by atoms with Crippen molar-refractivity contribution in [2.24, 2.45) is 0 Å². The fourth-order valence-electron chi connectivity index (χ4n) is 2.71. The van der Waals surface area contributed by atoms with Crippen LogP contribution in [-0.4, -0.2) is 8.42 Å². The molecule has 3 aromatic carbocycles. The molecule has 0 saturated heterocycles. The van der Waals surface area contributed by atoms with E-state index in [1.807, 2.05) is 42.5 Å². The van der Waals surface area contributed by atoms with Crippen LogP contribution < -0.4 is 10.0 Å². The zero-order valence-corrected chi connectivity index (χ0v) is 15.9. The molecule has 2 N–H and O–H groups in total. The van der Waals surface area contributed by atoms with Crippen molar-refractivity contribution in [3.05, 3.63) is 89.7 Å². The molecule has 0 bridgehead atoms. The Hall–Kier alpha value is -2.86. The molecule has 0 aliphatic rings. The highest BCUT2D eigenvalue weighted by Gasteiger charge is 2.15. The third-order valence-corrected chi connectivity index (χ3v) is 5.64. The van der Waals surface area contributed by atoms with Gasteiger partial charge in [-0.2, -0.15) is 0 Å². The molecule has 0 saturated carbocycles. The summed E-state index contributed by atoms with van der Waals surface area (Å²) in [5, 5.41) is 3.37. The predicted molar refractivity (Wildman–Crippen MR) is 107 cm³/mol. The highest BCUT2D eigenvalue weighted by atomic mass is 32.2. The van der Waals surface area contributed by atoms with Crippen LogP contribution in [0.1, 0.15) is 24.1 Å². The Morgan fingerprint density at radius 2 is 1.52 bits per heavy atom. The first-order valence-corrected chi connectivity index (χ1v) is 10.0. The summed E-state index contributed by atoms with van der Waals surface area (Å²) in [5.41, 5.74) is 2.77. The van der Waals surface area contributed by atoms with Crippen LogP contribution in [-0.2, 0) is 10.0 Å². The number of hydrogen-bond donors (Lipinski definition) is 2. The summed E-state index contributed by atoms with van der Waals surface area (Å²) in [4.78, 5) is 0.0290. The summed E-state index contributed by atoms with van der Waals surface area (Å²) in [5.74, 6) is -0.433. The monoisotopic (exact) mass is 384 g/mol. The standard InChI is InChI=1S/C21H21FN2O2S/c1-15-14-20(12-13-21(15)22)27(25,26)24-19-10-8-18(9-11-19)23-16(2)17-6-4-3-5-7-17/h3-14,16,23-24H,1-2H3. The molecule has 0 fully saturated rings. The molecule has 140 valence electrons. The average molecular weight is 384 g/mol. The van der Waals surface area contributed by atoms with E-state index in [0.717, 1.165) is 17.3 Å². The van der Waals surface area contributed by atoms with Crippen molar-refractivity contribution in [1.29, 1.82) is 0 Å². The fraction of sp³-hybridized carbons (Fsp3) is 0.143. The van der Waals surface area contributed by atoms with E-state index in [2.05, 4.69) is 17.0 Å². The van der Waals surface area contributed by atoms with E-state index in [4.69, 9.17) is 0 Å². The number of aryl methyl sites for hydroxylation is 1. The Bertz CT molecular complexity index is 1020. The first-order valence-electron chi connectivity index (χ1n) is 8.56. The van der Waals surface area contributed by atoms with Crippen LogP contribution in [0.2, 0.25) is 0 Å². The Labute approximate surface area is 159 Å². The maximum absolute atomic E-state index is 13.4. The first-order chi connectivity index (χ1) is 12.8. The quantitative estimate of drug-likeness (QED) is 0.621. The molecule has 1 unspecified atom stereocenters. The normalized spacial score (nSPS) is 12.4. The molecule has 0 heterocycles. The maximum atomic E-state index is 13.4. The molecule has 0 aromatic heterocycles. The molecule has 3 aromatic rings. The summed E-state index contributed by atoms with van der Waals surface area (Å²) in [6.07, 6.45) is 0. The lowest BCUT2D eigenvalue weighted by molar-refractivity contribution is 0.598. The lowest BCUT2D eigenvalue weighted by Gasteiger charge is -2.16. The van der Waals surface area contributed by atoms with Gasteiger partial charge in [-0.1, -0.05) is 30.3 Å². The predicted octanol–water partition coefficient (Wildman–Crippen LogP) is 5.11. The average Bonchev–Trinajstić information content (AvgIpc) is 2.66. The zero-order chi connectivity index (χ0) is 19.4. The molecule has 0 radical (unpaired) electrons. The van der Waals surface area contributed by atoms with Gasteiger partial charge in [0.2, 0.25) is 0 Å². The molecular weight excluding hydrogens is 363 g/mol. The van der Waals surface area contributed by atoms with Crippen molar-refractivity contribution < 1.29 is 12.8 Å². The molecule has 0 spiro atoms. The van der Waals surface area contributed by atoms with Gasteiger partial charge < -0.3 is 5.32 Å². The van der Waals surface area contributed by atoms with Gasteiger partial charge in [-0.25, -0.2) is 12.8 Å².